The van der Waals surface area contributed by atoms with Gasteiger partial charge in [0.2, 0.25) is 0 Å². The van der Waals surface area contributed by atoms with E-state index < -0.39 is 0 Å². The quantitative estimate of drug-likeness (QED) is 0.790. The number of hydrogen-bond donors (Lipinski definition) is 0. The van der Waals surface area contributed by atoms with Gasteiger partial charge < -0.3 is 9.64 Å². The number of rotatable bonds is 6. The molecule has 1 amide bonds. The second kappa shape index (κ2) is 6.84. The van der Waals surface area contributed by atoms with Crippen molar-refractivity contribution < 1.29 is 9.53 Å². The molecule has 0 radical (unpaired) electrons. The van der Waals surface area contributed by atoms with Crippen molar-refractivity contribution in [1.82, 2.24) is 24.9 Å². The second-order valence-electron chi connectivity index (χ2n) is 6.99. The van der Waals surface area contributed by atoms with E-state index in [2.05, 4.69) is 15.3 Å². The molecule has 0 N–H and O–H groups in total. The van der Waals surface area contributed by atoms with Crippen LogP contribution in [0.5, 0.6) is 0 Å². The molecule has 0 aromatic carbocycles. The lowest BCUT2D eigenvalue weighted by molar-refractivity contribution is 0.0790. The maximum absolute atomic E-state index is 12.7. The van der Waals surface area contributed by atoms with Crippen LogP contribution in [-0.2, 0) is 11.3 Å². The van der Waals surface area contributed by atoms with Crippen LogP contribution in [0, 0.1) is 19.8 Å². The van der Waals surface area contributed by atoms with Gasteiger partial charge in [0.25, 0.3) is 5.91 Å². The molecule has 1 unspecified atom stereocenters. The third kappa shape index (κ3) is 3.74. The molecule has 2 fully saturated rings. The maximum atomic E-state index is 12.7. The zero-order valence-corrected chi connectivity index (χ0v) is 15.5. The second-order valence-corrected chi connectivity index (χ2v) is 8.19. The minimum Gasteiger partial charge on any atom is -0.375 e. The first-order valence-corrected chi connectivity index (χ1v) is 9.63. The van der Waals surface area contributed by atoms with Crippen LogP contribution in [0.2, 0.25) is 0 Å². The number of aromatic nitrogens is 4. The lowest BCUT2D eigenvalue weighted by atomic mass is 10.3. The van der Waals surface area contributed by atoms with E-state index in [-0.39, 0.29) is 11.9 Å². The van der Waals surface area contributed by atoms with Crippen molar-refractivity contribution in [3.63, 3.8) is 0 Å². The molecule has 2 aromatic rings. The molecule has 2 aliphatic rings. The molecule has 4 rings (SSSR count). The van der Waals surface area contributed by atoms with Crippen LogP contribution in [0.1, 0.15) is 51.4 Å². The van der Waals surface area contributed by atoms with Gasteiger partial charge in [-0.25, -0.2) is 9.67 Å². The predicted molar refractivity (Wildman–Crippen MR) is 93.5 cm³/mol. The highest BCUT2D eigenvalue weighted by atomic mass is 32.1. The van der Waals surface area contributed by atoms with Gasteiger partial charge in [-0.05, 0) is 39.0 Å². The van der Waals surface area contributed by atoms with Gasteiger partial charge in [-0.3, -0.25) is 4.79 Å². The van der Waals surface area contributed by atoms with E-state index in [1.807, 2.05) is 29.6 Å². The van der Waals surface area contributed by atoms with Crippen LogP contribution >= 0.6 is 11.3 Å². The van der Waals surface area contributed by atoms with Crippen LogP contribution in [0.15, 0.2) is 6.20 Å². The fourth-order valence-electron chi connectivity index (χ4n) is 3.19. The van der Waals surface area contributed by atoms with E-state index in [0.29, 0.717) is 13.2 Å². The van der Waals surface area contributed by atoms with Crippen molar-refractivity contribution in [3.8, 4) is 0 Å². The summed E-state index contributed by atoms with van der Waals surface area (Å²) in [7, 11) is 0. The summed E-state index contributed by atoms with van der Waals surface area (Å²) in [6.45, 7) is 6.59. The minimum absolute atomic E-state index is 0.0821. The Morgan fingerprint density at radius 3 is 2.92 bits per heavy atom. The monoisotopic (exact) mass is 361 g/mol. The van der Waals surface area contributed by atoms with Crippen molar-refractivity contribution in [2.24, 2.45) is 5.92 Å². The third-order valence-electron chi connectivity index (χ3n) is 4.78. The van der Waals surface area contributed by atoms with Crippen molar-refractivity contribution in [2.75, 3.05) is 19.7 Å². The Balaban J connectivity index is 1.34. The molecule has 0 spiro atoms. The van der Waals surface area contributed by atoms with Gasteiger partial charge in [0.15, 0.2) is 0 Å². The van der Waals surface area contributed by atoms with Crippen LogP contribution in [0.25, 0.3) is 0 Å². The van der Waals surface area contributed by atoms with E-state index in [4.69, 9.17) is 4.74 Å². The number of thiazole rings is 1. The third-order valence-corrected chi connectivity index (χ3v) is 5.84. The summed E-state index contributed by atoms with van der Waals surface area (Å²) in [5.41, 5.74) is 1.69. The van der Waals surface area contributed by atoms with Crippen LogP contribution < -0.4 is 0 Å². The summed E-state index contributed by atoms with van der Waals surface area (Å²) >= 11 is 1.47. The van der Waals surface area contributed by atoms with Gasteiger partial charge in [0, 0.05) is 19.7 Å². The Bertz CT molecular complexity index is 767. The highest BCUT2D eigenvalue weighted by molar-refractivity contribution is 7.13. The number of ether oxygens (including phenoxy) is 1. The van der Waals surface area contributed by atoms with E-state index in [1.165, 1.54) is 24.2 Å². The standard InChI is InChI=1S/C17H23N5O2S/c1-11-16(25-12(2)18-11)17(23)21-6-5-15(8-21)22-7-14(19-20-22)10-24-9-13-3-4-13/h7,13,15H,3-6,8-10H2,1-2H3. The highest BCUT2D eigenvalue weighted by Gasteiger charge is 2.30. The number of hydrogen-bond acceptors (Lipinski definition) is 6. The molecule has 0 bridgehead atoms. The van der Waals surface area contributed by atoms with E-state index in [0.717, 1.165) is 46.8 Å². The summed E-state index contributed by atoms with van der Waals surface area (Å²) in [4.78, 5) is 19.7. The summed E-state index contributed by atoms with van der Waals surface area (Å²) in [5.74, 6) is 0.835. The van der Waals surface area contributed by atoms with Gasteiger partial charge in [0.05, 0.1) is 29.5 Å². The van der Waals surface area contributed by atoms with Gasteiger partial charge in [-0.15, -0.1) is 16.4 Å². The Morgan fingerprint density at radius 2 is 2.20 bits per heavy atom. The van der Waals surface area contributed by atoms with Gasteiger partial charge >= 0.3 is 0 Å². The maximum Gasteiger partial charge on any atom is 0.265 e. The van der Waals surface area contributed by atoms with Crippen molar-refractivity contribution >= 4 is 17.2 Å². The molecule has 1 aliphatic carbocycles. The van der Waals surface area contributed by atoms with E-state index in [1.54, 1.807) is 0 Å². The molecule has 1 atom stereocenters. The first kappa shape index (κ1) is 16.7. The minimum atomic E-state index is 0.0821. The van der Waals surface area contributed by atoms with Gasteiger partial charge in [-0.2, -0.15) is 0 Å². The fraction of sp³-hybridized carbons (Fsp3) is 0.647. The normalized spacial score (nSPS) is 20.4. The first-order valence-electron chi connectivity index (χ1n) is 8.82. The summed E-state index contributed by atoms with van der Waals surface area (Å²) < 4.78 is 7.55. The Kier molecular flexibility index (Phi) is 4.56. The van der Waals surface area contributed by atoms with E-state index in [9.17, 15) is 4.79 Å². The highest BCUT2D eigenvalue weighted by Crippen LogP contribution is 2.29. The molecule has 8 heteroatoms. The summed E-state index contributed by atoms with van der Waals surface area (Å²) in [6.07, 6.45) is 5.43. The number of carbonyl (C=O) groups is 1. The number of amides is 1. The molecule has 1 aliphatic heterocycles. The van der Waals surface area contributed by atoms with Crippen molar-refractivity contribution in [1.29, 1.82) is 0 Å². The van der Waals surface area contributed by atoms with Crippen LogP contribution in [-0.4, -0.2) is 50.5 Å². The zero-order chi connectivity index (χ0) is 17.4. The lowest BCUT2D eigenvalue weighted by Gasteiger charge is -2.15. The molecule has 134 valence electrons. The fourth-order valence-corrected chi connectivity index (χ4v) is 4.08. The molecule has 25 heavy (non-hydrogen) atoms. The van der Waals surface area contributed by atoms with E-state index >= 15 is 0 Å². The number of likely N-dealkylation sites (tertiary alicyclic amines) is 1. The first-order chi connectivity index (χ1) is 12.1. The average molecular weight is 361 g/mol. The molecular weight excluding hydrogens is 338 g/mol. The number of aryl methyl sites for hydroxylation is 2. The Hall–Kier alpha value is -1.80. The van der Waals surface area contributed by atoms with Crippen LogP contribution in [0.4, 0.5) is 0 Å². The average Bonchev–Trinajstić information content (AvgIpc) is 2.99. The Morgan fingerprint density at radius 1 is 1.36 bits per heavy atom. The van der Waals surface area contributed by atoms with Crippen molar-refractivity contribution in [2.45, 2.75) is 45.8 Å². The molecule has 1 saturated carbocycles. The summed E-state index contributed by atoms with van der Waals surface area (Å²) in [6, 6.07) is 0.183. The molecular formula is C17H23N5O2S. The number of nitrogens with zero attached hydrogens (tertiary/aromatic N) is 5. The smallest absolute Gasteiger partial charge is 0.265 e. The molecule has 3 heterocycles. The Labute approximate surface area is 151 Å². The van der Waals surface area contributed by atoms with Gasteiger partial charge in [-0.1, -0.05) is 5.21 Å². The predicted octanol–water partition coefficient (Wildman–Crippen LogP) is 2.37. The molecule has 2 aromatic heterocycles. The zero-order valence-electron chi connectivity index (χ0n) is 14.6. The topological polar surface area (TPSA) is 73.1 Å². The number of carbonyl (C=O) groups excluding carboxylic acids is 1. The lowest BCUT2D eigenvalue weighted by Crippen LogP contribution is -2.29. The summed E-state index contributed by atoms with van der Waals surface area (Å²) in [5, 5.41) is 9.37. The van der Waals surface area contributed by atoms with Gasteiger partial charge in [0.1, 0.15) is 10.6 Å². The molecule has 7 nitrogen and oxygen atoms in total. The SMILES string of the molecule is Cc1nc(C)c(C(=O)N2CCC(n3cc(COCC4CC4)nn3)C2)s1. The molecule has 1 saturated heterocycles. The largest absolute Gasteiger partial charge is 0.375 e. The van der Waals surface area contributed by atoms with Crippen molar-refractivity contribution in [3.05, 3.63) is 27.5 Å². The van der Waals surface area contributed by atoms with Crippen LogP contribution in [0.3, 0.4) is 0 Å².